The van der Waals surface area contributed by atoms with E-state index in [0.29, 0.717) is 38.1 Å². The Balaban J connectivity index is 1.45. The minimum absolute atomic E-state index is 0.0264. The molecule has 154 valence electrons. The molecule has 0 bridgehead atoms. The highest BCUT2D eigenvalue weighted by Crippen LogP contribution is 2.29. The number of rotatable bonds is 5. The number of fused-ring (bicyclic) bond motifs is 2. The number of ether oxygens (including phenoxy) is 2. The van der Waals surface area contributed by atoms with Crippen molar-refractivity contribution in [1.82, 2.24) is 9.97 Å². The van der Waals surface area contributed by atoms with Crippen LogP contribution in [0.25, 0.3) is 22.0 Å². The topological polar surface area (TPSA) is 126 Å². The number of imidazole rings is 1. The number of aryl methyl sites for hydroxylation is 1. The number of esters is 1. The van der Waals surface area contributed by atoms with Crippen LogP contribution in [0, 0.1) is 6.92 Å². The van der Waals surface area contributed by atoms with Gasteiger partial charge in [-0.2, -0.15) is 0 Å². The molecule has 3 N–H and O–H groups in total. The Kier molecular flexibility index (Phi) is 5.08. The van der Waals surface area contributed by atoms with Crippen molar-refractivity contribution < 1.29 is 23.5 Å². The number of carbonyl (C=O) groups excluding carboxylic acids is 2. The van der Waals surface area contributed by atoms with Crippen LogP contribution in [0.15, 0.2) is 44.0 Å². The number of benzene rings is 2. The van der Waals surface area contributed by atoms with E-state index in [4.69, 9.17) is 13.9 Å². The molecule has 0 saturated heterocycles. The molecule has 2 aromatic heterocycles. The van der Waals surface area contributed by atoms with Crippen LogP contribution in [0.2, 0.25) is 0 Å². The number of aromatic nitrogens is 2. The molecule has 0 fully saturated rings. The first kappa shape index (κ1) is 19.8. The predicted octanol–water partition coefficient (Wildman–Crippen LogP) is 3.48. The van der Waals surface area contributed by atoms with Crippen LogP contribution < -0.4 is 15.7 Å². The Morgan fingerprint density at radius 3 is 2.63 bits per heavy atom. The second kappa shape index (κ2) is 7.71. The third-order valence-electron chi connectivity index (χ3n) is 4.54. The largest absolute Gasteiger partial charge is 0.497 e. The van der Waals surface area contributed by atoms with Crippen LogP contribution in [0.1, 0.15) is 16.1 Å². The number of nitrogens with one attached hydrogen (secondary N) is 3. The molecule has 0 atom stereocenters. The molecule has 10 heteroatoms. The summed E-state index contributed by atoms with van der Waals surface area (Å²) in [6.07, 6.45) is 0. The van der Waals surface area contributed by atoms with Gasteiger partial charge in [0.2, 0.25) is 5.76 Å². The summed E-state index contributed by atoms with van der Waals surface area (Å²) >= 11 is 3.33. The lowest BCUT2D eigenvalue weighted by atomic mass is 10.1. The van der Waals surface area contributed by atoms with E-state index in [1.54, 1.807) is 44.4 Å². The molecule has 0 radical (unpaired) electrons. The van der Waals surface area contributed by atoms with Gasteiger partial charge in [0.1, 0.15) is 11.3 Å². The molecule has 30 heavy (non-hydrogen) atoms. The summed E-state index contributed by atoms with van der Waals surface area (Å²) in [7, 11) is 1.55. The number of amides is 1. The van der Waals surface area contributed by atoms with Crippen LogP contribution in [-0.4, -0.2) is 35.6 Å². The van der Waals surface area contributed by atoms with Gasteiger partial charge in [-0.05, 0) is 53.2 Å². The summed E-state index contributed by atoms with van der Waals surface area (Å²) in [5.41, 5.74) is 2.30. The van der Waals surface area contributed by atoms with Gasteiger partial charge in [-0.1, -0.05) is 0 Å². The summed E-state index contributed by atoms with van der Waals surface area (Å²) in [6, 6.07) is 8.43. The second-order valence-electron chi connectivity index (χ2n) is 6.50. The molecule has 1 amide bonds. The van der Waals surface area contributed by atoms with E-state index in [9.17, 15) is 14.4 Å². The zero-order valence-electron chi connectivity index (χ0n) is 15.9. The molecule has 9 nitrogen and oxygen atoms in total. The van der Waals surface area contributed by atoms with Crippen molar-refractivity contribution in [2.45, 2.75) is 6.92 Å². The maximum absolute atomic E-state index is 12.4. The molecule has 2 aromatic carbocycles. The highest BCUT2D eigenvalue weighted by molar-refractivity contribution is 9.10. The van der Waals surface area contributed by atoms with Crippen LogP contribution >= 0.6 is 15.9 Å². The van der Waals surface area contributed by atoms with Gasteiger partial charge in [0.25, 0.3) is 5.91 Å². The molecule has 4 aromatic rings. The quantitative estimate of drug-likeness (QED) is 0.381. The molecule has 0 aliphatic carbocycles. The number of furan rings is 1. The van der Waals surface area contributed by atoms with Gasteiger partial charge in [0.15, 0.2) is 6.61 Å². The minimum atomic E-state index is -0.748. The van der Waals surface area contributed by atoms with Gasteiger partial charge in [-0.25, -0.2) is 9.59 Å². The molecular weight excluding hydrogens is 458 g/mol. The third-order valence-corrected chi connectivity index (χ3v) is 5.20. The highest BCUT2D eigenvalue weighted by Gasteiger charge is 2.21. The smallest absolute Gasteiger partial charge is 0.375 e. The van der Waals surface area contributed by atoms with Gasteiger partial charge in [0, 0.05) is 15.4 Å². The summed E-state index contributed by atoms with van der Waals surface area (Å²) in [5.74, 6) is -0.630. The monoisotopic (exact) mass is 473 g/mol. The van der Waals surface area contributed by atoms with Crippen molar-refractivity contribution in [3.8, 4) is 5.75 Å². The first-order valence-electron chi connectivity index (χ1n) is 8.81. The molecule has 2 heterocycles. The standard InChI is InChI=1S/C20H16BrN3O6/c1-9-11-5-10(28-2)3-4-16(11)30-18(9)19(26)29-8-17(25)22-13-7-15-14(6-12(13)21)23-20(27)24-15/h3-7H,8H2,1-2H3,(H,22,25)(H2,23,24,27). The number of carbonyl (C=O) groups is 2. The second-order valence-corrected chi connectivity index (χ2v) is 7.35. The summed E-state index contributed by atoms with van der Waals surface area (Å²) < 4.78 is 16.4. The number of methoxy groups -OCH3 is 1. The van der Waals surface area contributed by atoms with E-state index in [-0.39, 0.29) is 11.4 Å². The summed E-state index contributed by atoms with van der Waals surface area (Å²) in [6.45, 7) is 1.22. The highest BCUT2D eigenvalue weighted by atomic mass is 79.9. The Bertz CT molecular complexity index is 1350. The van der Waals surface area contributed by atoms with Crippen molar-refractivity contribution in [2.24, 2.45) is 0 Å². The fourth-order valence-electron chi connectivity index (χ4n) is 3.06. The first-order valence-corrected chi connectivity index (χ1v) is 9.60. The number of aromatic amines is 2. The Labute approximate surface area is 177 Å². The fourth-order valence-corrected chi connectivity index (χ4v) is 3.50. The van der Waals surface area contributed by atoms with E-state index in [1.165, 1.54) is 0 Å². The summed E-state index contributed by atoms with van der Waals surface area (Å²) in [5, 5.41) is 3.35. The van der Waals surface area contributed by atoms with E-state index < -0.39 is 18.5 Å². The zero-order chi connectivity index (χ0) is 21.4. The lowest BCUT2D eigenvalue weighted by Crippen LogP contribution is -2.21. The molecule has 4 rings (SSSR count). The fraction of sp³-hybridized carbons (Fsp3) is 0.150. The Morgan fingerprint density at radius 2 is 1.90 bits per heavy atom. The number of H-pyrrole nitrogens is 2. The SMILES string of the molecule is COc1ccc2oc(C(=O)OCC(=O)Nc3cc4[nH]c(=O)[nH]c4cc3Br)c(C)c2c1. The van der Waals surface area contributed by atoms with Gasteiger partial charge >= 0.3 is 11.7 Å². The van der Waals surface area contributed by atoms with E-state index >= 15 is 0 Å². The van der Waals surface area contributed by atoms with Crippen LogP contribution in [0.4, 0.5) is 5.69 Å². The maximum Gasteiger partial charge on any atom is 0.375 e. The molecule has 0 unspecified atom stereocenters. The van der Waals surface area contributed by atoms with Crippen molar-refractivity contribution in [3.05, 3.63) is 56.6 Å². The molecule has 0 saturated carbocycles. The predicted molar refractivity (Wildman–Crippen MR) is 113 cm³/mol. The van der Waals surface area contributed by atoms with E-state index in [1.807, 2.05) is 0 Å². The maximum atomic E-state index is 12.4. The number of hydrogen-bond acceptors (Lipinski definition) is 6. The third kappa shape index (κ3) is 3.69. The molecule has 0 aliphatic heterocycles. The normalized spacial score (nSPS) is 11.0. The van der Waals surface area contributed by atoms with E-state index in [2.05, 4.69) is 31.2 Å². The van der Waals surface area contributed by atoms with Crippen molar-refractivity contribution >= 4 is 55.5 Å². The van der Waals surface area contributed by atoms with Gasteiger partial charge in [-0.15, -0.1) is 0 Å². The van der Waals surface area contributed by atoms with Gasteiger partial charge < -0.3 is 29.2 Å². The average Bonchev–Trinajstić information content (AvgIpc) is 3.24. The van der Waals surface area contributed by atoms with Crippen LogP contribution in [-0.2, 0) is 9.53 Å². The number of anilines is 1. The summed E-state index contributed by atoms with van der Waals surface area (Å²) in [4.78, 5) is 41.3. The Morgan fingerprint density at radius 1 is 1.17 bits per heavy atom. The molecular formula is C20H16BrN3O6. The van der Waals surface area contributed by atoms with Crippen molar-refractivity contribution in [1.29, 1.82) is 0 Å². The van der Waals surface area contributed by atoms with Crippen LogP contribution in [0.3, 0.4) is 0 Å². The zero-order valence-corrected chi connectivity index (χ0v) is 17.5. The first-order chi connectivity index (χ1) is 14.4. The number of hydrogen-bond donors (Lipinski definition) is 3. The van der Waals surface area contributed by atoms with Crippen LogP contribution in [0.5, 0.6) is 5.75 Å². The average molecular weight is 474 g/mol. The van der Waals surface area contributed by atoms with E-state index in [0.717, 1.165) is 5.39 Å². The Hall–Kier alpha value is -3.53. The lowest BCUT2D eigenvalue weighted by molar-refractivity contribution is -0.119. The van der Waals surface area contributed by atoms with Gasteiger partial charge in [-0.3, -0.25) is 4.79 Å². The molecule has 0 spiro atoms. The van der Waals surface area contributed by atoms with Crippen molar-refractivity contribution in [2.75, 3.05) is 19.0 Å². The molecule has 0 aliphatic rings. The lowest BCUT2D eigenvalue weighted by Gasteiger charge is -2.08. The van der Waals surface area contributed by atoms with Gasteiger partial charge in [0.05, 0.1) is 23.8 Å². The number of halogens is 1. The minimum Gasteiger partial charge on any atom is -0.497 e. The van der Waals surface area contributed by atoms with Crippen molar-refractivity contribution in [3.63, 3.8) is 0 Å².